The lowest BCUT2D eigenvalue weighted by atomic mass is 9.96. The highest BCUT2D eigenvalue weighted by molar-refractivity contribution is 5.99. The molecule has 124 valence electrons. The highest BCUT2D eigenvalue weighted by Crippen LogP contribution is 2.34. The van der Waals surface area contributed by atoms with Crippen molar-refractivity contribution in [3.63, 3.8) is 0 Å². The number of hydrogen-bond acceptors (Lipinski definition) is 2. The van der Waals surface area contributed by atoms with Gasteiger partial charge in [0, 0.05) is 36.1 Å². The summed E-state index contributed by atoms with van der Waals surface area (Å²) in [6.45, 7) is 0.739. The Labute approximate surface area is 147 Å². The summed E-state index contributed by atoms with van der Waals surface area (Å²) in [6.07, 6.45) is 8.52. The molecule has 0 fully saturated rings. The Kier molecular flexibility index (Phi) is 4.08. The van der Waals surface area contributed by atoms with E-state index in [0.29, 0.717) is 6.54 Å². The second-order valence-corrected chi connectivity index (χ2v) is 6.25. The summed E-state index contributed by atoms with van der Waals surface area (Å²) in [7, 11) is 2.07. The van der Waals surface area contributed by atoms with Crippen LogP contribution in [-0.2, 0) is 7.05 Å². The van der Waals surface area contributed by atoms with E-state index in [9.17, 15) is 5.11 Å². The Morgan fingerprint density at radius 3 is 2.72 bits per heavy atom. The van der Waals surface area contributed by atoms with Crippen LogP contribution in [0.4, 0.5) is 5.69 Å². The molecule has 0 unspecified atom stereocenters. The van der Waals surface area contributed by atoms with Crippen LogP contribution in [0.15, 0.2) is 73.1 Å². The smallest absolute Gasteiger partial charge is 0.212 e. The Morgan fingerprint density at radius 1 is 1.04 bits per heavy atom. The number of aryl methyl sites for hydroxylation is 1. The summed E-state index contributed by atoms with van der Waals surface area (Å²) >= 11 is 0. The predicted octanol–water partition coefficient (Wildman–Crippen LogP) is 3.53. The molecule has 3 aromatic rings. The first-order valence-corrected chi connectivity index (χ1v) is 8.52. The number of nitrogens with zero attached hydrogens (tertiary/aromatic N) is 2. The number of anilines is 1. The van der Waals surface area contributed by atoms with Crippen LogP contribution in [0.3, 0.4) is 0 Å². The molecule has 25 heavy (non-hydrogen) atoms. The molecular weight excluding hydrogens is 308 g/mol. The van der Waals surface area contributed by atoms with Crippen LogP contribution in [0.2, 0.25) is 0 Å². The van der Waals surface area contributed by atoms with Crippen molar-refractivity contribution in [2.75, 3.05) is 18.1 Å². The molecule has 0 aliphatic carbocycles. The molecule has 0 saturated carbocycles. The fourth-order valence-electron chi connectivity index (χ4n) is 3.42. The van der Waals surface area contributed by atoms with Crippen LogP contribution in [-0.4, -0.2) is 18.3 Å². The molecule has 0 amide bonds. The maximum absolute atomic E-state index is 9.30. The minimum absolute atomic E-state index is 0.136. The summed E-state index contributed by atoms with van der Waals surface area (Å²) < 4.78 is 2.14. The van der Waals surface area contributed by atoms with Crippen molar-refractivity contribution in [1.82, 2.24) is 0 Å². The molecule has 3 heteroatoms. The van der Waals surface area contributed by atoms with Gasteiger partial charge in [-0.15, -0.1) is 0 Å². The highest BCUT2D eigenvalue weighted by atomic mass is 16.3. The van der Waals surface area contributed by atoms with Gasteiger partial charge < -0.3 is 10.0 Å². The maximum Gasteiger partial charge on any atom is 0.212 e. The van der Waals surface area contributed by atoms with E-state index in [-0.39, 0.29) is 6.61 Å². The normalized spacial score (nSPS) is 15.0. The van der Waals surface area contributed by atoms with Gasteiger partial charge in [-0.1, -0.05) is 30.3 Å². The first kappa shape index (κ1) is 15.6. The minimum Gasteiger partial charge on any atom is -0.395 e. The van der Waals surface area contributed by atoms with Gasteiger partial charge in [-0.3, -0.25) is 0 Å². The third-order valence-corrected chi connectivity index (χ3v) is 4.68. The summed E-state index contributed by atoms with van der Waals surface area (Å²) in [5.41, 5.74) is 5.93. The van der Waals surface area contributed by atoms with Crippen LogP contribution in [0.5, 0.6) is 0 Å². The van der Waals surface area contributed by atoms with Crippen LogP contribution in [0.25, 0.3) is 22.6 Å². The topological polar surface area (TPSA) is 27.4 Å². The Bertz CT molecular complexity index is 988. The first-order chi connectivity index (χ1) is 12.3. The molecule has 1 N–H and O–H groups in total. The molecule has 0 saturated heterocycles. The average molecular weight is 329 g/mol. The van der Waals surface area contributed by atoms with E-state index in [2.05, 4.69) is 89.6 Å². The summed E-state index contributed by atoms with van der Waals surface area (Å²) in [4.78, 5) is 2.09. The van der Waals surface area contributed by atoms with Crippen molar-refractivity contribution in [2.45, 2.75) is 0 Å². The van der Waals surface area contributed by atoms with Crippen LogP contribution < -0.4 is 9.47 Å². The number of benzene rings is 2. The lowest BCUT2D eigenvalue weighted by Gasteiger charge is -2.27. The van der Waals surface area contributed by atoms with Crippen molar-refractivity contribution in [2.24, 2.45) is 7.05 Å². The zero-order valence-corrected chi connectivity index (χ0v) is 14.3. The standard InChI is InChI=1S/C22H21N2O/c1-23-12-10-17(19-6-2-4-8-21(19)23)16-18-11-13-24(14-15-25)22-9-5-3-7-20(18)22/h2-13,16,25H,14-15H2,1H3/q+1. The molecule has 0 radical (unpaired) electrons. The zero-order chi connectivity index (χ0) is 17.2. The lowest BCUT2D eigenvalue weighted by Crippen LogP contribution is -2.28. The third-order valence-electron chi connectivity index (χ3n) is 4.68. The number of aliphatic hydroxyl groups excluding tert-OH is 1. The van der Waals surface area contributed by atoms with Crippen LogP contribution in [0, 0.1) is 0 Å². The minimum atomic E-state index is 0.136. The van der Waals surface area contributed by atoms with E-state index >= 15 is 0 Å². The number of aromatic nitrogens is 1. The summed E-state index contributed by atoms with van der Waals surface area (Å²) in [5.74, 6) is 0. The number of hydrogen-bond donors (Lipinski definition) is 1. The van der Waals surface area contributed by atoms with E-state index in [0.717, 1.165) is 5.69 Å². The number of rotatable bonds is 3. The molecule has 4 rings (SSSR count). The third kappa shape index (κ3) is 2.83. The van der Waals surface area contributed by atoms with E-state index < -0.39 is 0 Å². The predicted molar refractivity (Wildman–Crippen MR) is 103 cm³/mol. The number of β-amino-alcohol motifs (C(OH)–C–C–N with tert-alkyl or cyclic N) is 1. The molecule has 1 aliphatic rings. The molecule has 0 bridgehead atoms. The van der Waals surface area contributed by atoms with Crippen LogP contribution in [0.1, 0.15) is 11.1 Å². The molecule has 0 spiro atoms. The van der Waals surface area contributed by atoms with Gasteiger partial charge in [0.05, 0.1) is 12.0 Å². The fourth-order valence-corrected chi connectivity index (χ4v) is 3.42. The van der Waals surface area contributed by atoms with Crippen LogP contribution >= 0.6 is 0 Å². The van der Waals surface area contributed by atoms with Gasteiger partial charge in [-0.25, -0.2) is 4.57 Å². The second kappa shape index (κ2) is 6.54. The average Bonchev–Trinajstić information content (AvgIpc) is 2.66. The molecule has 2 aromatic carbocycles. The number of fused-ring (bicyclic) bond motifs is 2. The van der Waals surface area contributed by atoms with Crippen molar-refractivity contribution in [3.05, 3.63) is 84.2 Å². The number of para-hydroxylation sites is 2. The van der Waals surface area contributed by atoms with Gasteiger partial charge in [-0.05, 0) is 35.4 Å². The first-order valence-electron chi connectivity index (χ1n) is 8.52. The van der Waals surface area contributed by atoms with Gasteiger partial charge in [0.1, 0.15) is 7.05 Å². The van der Waals surface area contributed by atoms with Crippen molar-refractivity contribution in [1.29, 1.82) is 0 Å². The van der Waals surface area contributed by atoms with E-state index in [1.54, 1.807) is 0 Å². The molecule has 1 aromatic heterocycles. The summed E-state index contributed by atoms with van der Waals surface area (Å²) in [6, 6.07) is 19.0. The number of allylic oxidation sites excluding steroid dienone is 2. The highest BCUT2D eigenvalue weighted by Gasteiger charge is 2.16. The maximum atomic E-state index is 9.30. The van der Waals surface area contributed by atoms with Gasteiger partial charge in [-0.2, -0.15) is 0 Å². The number of pyridine rings is 1. The molecular formula is C22H21N2O+. The molecule has 3 nitrogen and oxygen atoms in total. The van der Waals surface area contributed by atoms with Crippen molar-refractivity contribution < 1.29 is 9.67 Å². The Hall–Kier alpha value is -2.91. The lowest BCUT2D eigenvalue weighted by molar-refractivity contribution is -0.644. The van der Waals surface area contributed by atoms with Gasteiger partial charge in [0.2, 0.25) is 5.52 Å². The molecule has 1 aliphatic heterocycles. The van der Waals surface area contributed by atoms with E-state index in [4.69, 9.17) is 0 Å². The van der Waals surface area contributed by atoms with Crippen molar-refractivity contribution >= 4 is 28.2 Å². The largest absolute Gasteiger partial charge is 0.395 e. The zero-order valence-electron chi connectivity index (χ0n) is 14.3. The Morgan fingerprint density at radius 2 is 1.84 bits per heavy atom. The SMILES string of the molecule is C[n+]1ccc(/C=C2/C=CN(CCO)c3ccccc32)c2ccccc21. The number of aliphatic hydroxyl groups is 1. The quantitative estimate of drug-likeness (QED) is 0.744. The van der Waals surface area contributed by atoms with E-state index in [1.807, 2.05) is 6.07 Å². The summed E-state index contributed by atoms with van der Waals surface area (Å²) in [5, 5.41) is 10.5. The Balaban J connectivity index is 1.86. The molecule has 2 heterocycles. The van der Waals surface area contributed by atoms with E-state index in [1.165, 1.54) is 27.6 Å². The van der Waals surface area contributed by atoms with Gasteiger partial charge >= 0.3 is 0 Å². The van der Waals surface area contributed by atoms with Crippen molar-refractivity contribution in [3.8, 4) is 0 Å². The molecule has 0 atom stereocenters. The fraction of sp³-hybridized carbons (Fsp3) is 0.136. The van der Waals surface area contributed by atoms with Gasteiger partial charge in [0.15, 0.2) is 6.20 Å². The monoisotopic (exact) mass is 329 g/mol. The second-order valence-electron chi connectivity index (χ2n) is 6.25. The van der Waals surface area contributed by atoms with Gasteiger partial charge in [0.25, 0.3) is 0 Å².